The van der Waals surface area contributed by atoms with Crippen LogP contribution >= 0.6 is 0 Å². The number of carbonyl (C=O) groups is 1. The molecule has 1 aliphatic rings. The lowest BCUT2D eigenvalue weighted by atomic mass is 10.2. The van der Waals surface area contributed by atoms with Gasteiger partial charge in [-0.25, -0.2) is 9.18 Å². The average molecular weight is 239 g/mol. The molecule has 0 amide bonds. The Balaban J connectivity index is 1.82. The molecule has 0 radical (unpaired) electrons. The van der Waals surface area contributed by atoms with Gasteiger partial charge in [-0.2, -0.15) is 0 Å². The summed E-state index contributed by atoms with van der Waals surface area (Å²) in [6, 6.07) is 5.21. The van der Waals surface area contributed by atoms with Gasteiger partial charge < -0.3 is 9.57 Å². The highest BCUT2D eigenvalue weighted by Crippen LogP contribution is 2.13. The molecule has 1 saturated heterocycles. The second kappa shape index (κ2) is 5.63. The van der Waals surface area contributed by atoms with E-state index in [0.29, 0.717) is 0 Å². The maximum absolute atomic E-state index is 12.6. The molecule has 1 aromatic rings. The Kier molecular flexibility index (Phi) is 3.93. The van der Waals surface area contributed by atoms with Crippen LogP contribution in [0.3, 0.4) is 0 Å². The molecule has 0 spiro atoms. The second-order valence-electron chi connectivity index (χ2n) is 3.89. The number of benzene rings is 1. The maximum Gasteiger partial charge on any atom is 0.533 e. The molecule has 1 heterocycles. The third-order valence-electron chi connectivity index (χ3n) is 2.53. The largest absolute Gasteiger partial charge is 0.533 e. The van der Waals surface area contributed by atoms with Crippen LogP contribution < -0.4 is 4.74 Å². The number of hydrogen-bond acceptors (Lipinski definition) is 4. The van der Waals surface area contributed by atoms with Gasteiger partial charge in [0.25, 0.3) is 0 Å². The molecule has 0 saturated carbocycles. The smallest absolute Gasteiger partial charge is 0.394 e. The highest BCUT2D eigenvalue weighted by atomic mass is 19.1. The average Bonchev–Trinajstić information content (AvgIpc) is 2.33. The molecule has 0 aromatic heterocycles. The molecule has 0 atom stereocenters. The molecule has 4 nitrogen and oxygen atoms in total. The van der Waals surface area contributed by atoms with Crippen molar-refractivity contribution in [1.82, 2.24) is 5.06 Å². The van der Waals surface area contributed by atoms with Gasteiger partial charge in [0.1, 0.15) is 11.6 Å². The lowest BCUT2D eigenvalue weighted by Crippen LogP contribution is -2.33. The molecule has 1 aromatic carbocycles. The first kappa shape index (κ1) is 11.9. The number of carbonyl (C=O) groups excluding carboxylic acids is 1. The van der Waals surface area contributed by atoms with Gasteiger partial charge in [0.05, 0.1) is 0 Å². The second-order valence-corrected chi connectivity index (χ2v) is 3.89. The molecule has 1 aliphatic heterocycles. The zero-order chi connectivity index (χ0) is 12.1. The van der Waals surface area contributed by atoms with Crippen molar-refractivity contribution in [3.05, 3.63) is 30.1 Å². The highest BCUT2D eigenvalue weighted by Gasteiger charge is 2.16. The van der Waals surface area contributed by atoms with Gasteiger partial charge in [-0.3, -0.25) is 0 Å². The van der Waals surface area contributed by atoms with Crippen molar-refractivity contribution in [2.45, 2.75) is 19.3 Å². The summed E-state index contributed by atoms with van der Waals surface area (Å²) < 4.78 is 17.5. The topological polar surface area (TPSA) is 38.8 Å². The van der Waals surface area contributed by atoms with Crippen molar-refractivity contribution < 1.29 is 18.8 Å². The van der Waals surface area contributed by atoms with Gasteiger partial charge in [0, 0.05) is 13.1 Å². The van der Waals surface area contributed by atoms with E-state index in [-0.39, 0.29) is 11.6 Å². The third-order valence-corrected chi connectivity index (χ3v) is 2.53. The molecular formula is C12H14FNO3. The van der Waals surface area contributed by atoms with E-state index in [0.717, 1.165) is 32.4 Å². The van der Waals surface area contributed by atoms with Crippen LogP contribution in [0.15, 0.2) is 24.3 Å². The van der Waals surface area contributed by atoms with E-state index in [1.165, 1.54) is 24.3 Å². The molecule has 0 bridgehead atoms. The predicted octanol–water partition coefficient (Wildman–Crippen LogP) is 2.74. The van der Waals surface area contributed by atoms with Crippen molar-refractivity contribution in [3.8, 4) is 5.75 Å². The van der Waals surface area contributed by atoms with E-state index in [1.54, 1.807) is 5.06 Å². The number of nitrogens with zero attached hydrogens (tertiary/aromatic N) is 1. The molecule has 0 aliphatic carbocycles. The Morgan fingerprint density at radius 1 is 1.12 bits per heavy atom. The molecule has 0 N–H and O–H groups in total. The van der Waals surface area contributed by atoms with E-state index in [9.17, 15) is 9.18 Å². The number of ether oxygens (including phenoxy) is 1. The monoisotopic (exact) mass is 239 g/mol. The van der Waals surface area contributed by atoms with E-state index in [1.807, 2.05) is 0 Å². The van der Waals surface area contributed by atoms with Crippen molar-refractivity contribution in [2.24, 2.45) is 0 Å². The zero-order valence-corrected chi connectivity index (χ0v) is 9.39. The van der Waals surface area contributed by atoms with Crippen LogP contribution in [0.5, 0.6) is 5.75 Å². The number of rotatable bonds is 2. The molecule has 1 fully saturated rings. The fourth-order valence-electron chi connectivity index (χ4n) is 1.68. The summed E-state index contributed by atoms with van der Waals surface area (Å²) in [5.41, 5.74) is 0. The van der Waals surface area contributed by atoms with Crippen molar-refractivity contribution in [3.63, 3.8) is 0 Å². The SMILES string of the molecule is O=C(Oc1ccc(F)cc1)ON1CCCCC1. The van der Waals surface area contributed by atoms with Gasteiger partial charge in [0.15, 0.2) is 0 Å². The van der Waals surface area contributed by atoms with Crippen LogP contribution in [0.1, 0.15) is 19.3 Å². The Labute approximate surface area is 98.9 Å². The van der Waals surface area contributed by atoms with Crippen LogP contribution in [0, 0.1) is 5.82 Å². The Bertz CT molecular complexity index is 374. The minimum atomic E-state index is -0.779. The molecule has 5 heteroatoms. The molecule has 17 heavy (non-hydrogen) atoms. The van der Waals surface area contributed by atoms with E-state index >= 15 is 0 Å². The first-order chi connectivity index (χ1) is 8.24. The van der Waals surface area contributed by atoms with Gasteiger partial charge >= 0.3 is 6.16 Å². The zero-order valence-electron chi connectivity index (χ0n) is 9.39. The first-order valence-electron chi connectivity index (χ1n) is 5.64. The Morgan fingerprint density at radius 2 is 1.76 bits per heavy atom. The van der Waals surface area contributed by atoms with Gasteiger partial charge in [-0.05, 0) is 37.1 Å². The number of piperidine rings is 1. The highest BCUT2D eigenvalue weighted by molar-refractivity contribution is 5.63. The Hall–Kier alpha value is -1.62. The lowest BCUT2D eigenvalue weighted by molar-refractivity contribution is -0.126. The first-order valence-corrected chi connectivity index (χ1v) is 5.64. The van der Waals surface area contributed by atoms with Crippen LogP contribution in [-0.4, -0.2) is 24.3 Å². The number of halogens is 1. The lowest BCUT2D eigenvalue weighted by Gasteiger charge is -2.24. The quantitative estimate of drug-likeness (QED) is 0.587. The molecule has 0 unspecified atom stereocenters. The summed E-state index contributed by atoms with van der Waals surface area (Å²) in [7, 11) is 0. The summed E-state index contributed by atoms with van der Waals surface area (Å²) in [6.45, 7) is 1.47. The van der Waals surface area contributed by atoms with Gasteiger partial charge in [0.2, 0.25) is 0 Å². The standard InChI is InChI=1S/C12H14FNO3/c13-10-4-6-11(7-5-10)16-12(15)17-14-8-2-1-3-9-14/h4-7H,1-3,8-9H2. The molecule has 92 valence electrons. The van der Waals surface area contributed by atoms with Gasteiger partial charge in [-0.1, -0.05) is 6.42 Å². The molecule has 2 rings (SSSR count). The number of hydroxylamine groups is 2. The fraction of sp³-hybridized carbons (Fsp3) is 0.417. The van der Waals surface area contributed by atoms with Crippen LogP contribution in [0.2, 0.25) is 0 Å². The van der Waals surface area contributed by atoms with Crippen molar-refractivity contribution in [2.75, 3.05) is 13.1 Å². The summed E-state index contributed by atoms with van der Waals surface area (Å²) in [5.74, 6) is -0.102. The van der Waals surface area contributed by atoms with E-state index in [2.05, 4.69) is 0 Å². The van der Waals surface area contributed by atoms with E-state index in [4.69, 9.17) is 9.57 Å². The summed E-state index contributed by atoms with van der Waals surface area (Å²) in [4.78, 5) is 16.4. The van der Waals surface area contributed by atoms with Crippen LogP contribution in [0.25, 0.3) is 0 Å². The van der Waals surface area contributed by atoms with E-state index < -0.39 is 6.16 Å². The minimum Gasteiger partial charge on any atom is -0.394 e. The predicted molar refractivity (Wildman–Crippen MR) is 58.9 cm³/mol. The van der Waals surface area contributed by atoms with Gasteiger partial charge in [-0.15, -0.1) is 5.06 Å². The van der Waals surface area contributed by atoms with Crippen molar-refractivity contribution in [1.29, 1.82) is 0 Å². The fourth-order valence-corrected chi connectivity index (χ4v) is 1.68. The molecular weight excluding hydrogens is 225 g/mol. The normalized spacial score (nSPS) is 16.5. The minimum absolute atomic E-state index is 0.272. The van der Waals surface area contributed by atoms with Crippen LogP contribution in [0.4, 0.5) is 9.18 Å². The Morgan fingerprint density at radius 3 is 2.41 bits per heavy atom. The number of hydrogen-bond donors (Lipinski definition) is 0. The summed E-state index contributed by atoms with van der Waals surface area (Å²) >= 11 is 0. The van der Waals surface area contributed by atoms with Crippen molar-refractivity contribution >= 4 is 6.16 Å². The summed E-state index contributed by atoms with van der Waals surface area (Å²) in [6.07, 6.45) is 2.42. The maximum atomic E-state index is 12.6. The van der Waals surface area contributed by atoms with Crippen LogP contribution in [-0.2, 0) is 4.84 Å². The summed E-state index contributed by atoms with van der Waals surface area (Å²) in [5, 5.41) is 1.59. The third kappa shape index (κ3) is 3.71.